The first kappa shape index (κ1) is 14.7. The number of allylic oxidation sites excluding steroid dienone is 4. The Morgan fingerprint density at radius 1 is 1.00 bits per heavy atom. The molecule has 0 saturated heterocycles. The lowest BCUT2D eigenvalue weighted by molar-refractivity contribution is 1.22. The minimum atomic E-state index is 1.10. The second-order valence-corrected chi connectivity index (χ2v) is 2.83. The molecule has 0 spiro atoms. The van der Waals surface area contributed by atoms with Gasteiger partial charge in [-0.25, -0.2) is 0 Å². The molecular formula is C12H23N. The lowest BCUT2D eigenvalue weighted by Gasteiger charge is -1.97. The lowest BCUT2D eigenvalue weighted by atomic mass is 10.2. The molecule has 76 valence electrons. The van der Waals surface area contributed by atoms with Gasteiger partial charge in [0, 0.05) is 11.4 Å². The predicted molar refractivity (Wildman–Crippen MR) is 63.3 cm³/mol. The highest BCUT2D eigenvalue weighted by molar-refractivity contribution is 5.80. The van der Waals surface area contributed by atoms with Crippen LogP contribution in [0.15, 0.2) is 28.4 Å². The molecule has 0 fully saturated rings. The second-order valence-electron chi connectivity index (χ2n) is 2.83. The molecule has 0 N–H and O–H groups in total. The van der Waals surface area contributed by atoms with Gasteiger partial charge in [-0.05, 0) is 40.2 Å². The molecule has 0 heterocycles. The van der Waals surface area contributed by atoms with Crippen LogP contribution in [0.1, 0.15) is 48.5 Å². The quantitative estimate of drug-likeness (QED) is 0.443. The summed E-state index contributed by atoms with van der Waals surface area (Å²) in [5.41, 5.74) is 3.43. The van der Waals surface area contributed by atoms with Crippen molar-refractivity contribution in [2.45, 2.75) is 48.5 Å². The highest BCUT2D eigenvalue weighted by atomic mass is 14.7. The summed E-state index contributed by atoms with van der Waals surface area (Å²) in [5, 5.41) is 0. The van der Waals surface area contributed by atoms with E-state index in [0.29, 0.717) is 0 Å². The van der Waals surface area contributed by atoms with Gasteiger partial charge in [0.1, 0.15) is 0 Å². The average Bonchev–Trinajstić information content (AvgIpc) is 2.07. The van der Waals surface area contributed by atoms with Gasteiger partial charge in [-0.15, -0.1) is 0 Å². The van der Waals surface area contributed by atoms with Crippen LogP contribution in [0.25, 0.3) is 0 Å². The molecule has 0 unspecified atom stereocenters. The predicted octanol–water partition coefficient (Wildman–Crippen LogP) is 4.36. The zero-order valence-electron chi connectivity index (χ0n) is 10.1. The maximum atomic E-state index is 4.34. The summed E-state index contributed by atoms with van der Waals surface area (Å²) in [5.74, 6) is 0. The van der Waals surface area contributed by atoms with Gasteiger partial charge in [0.2, 0.25) is 0 Å². The fraction of sp³-hybridized carbons (Fsp3) is 0.583. The SMILES string of the molecule is C/C=C\C(C)=C(/C)N=C(C)C.CC. The van der Waals surface area contributed by atoms with Crippen molar-refractivity contribution >= 4 is 5.71 Å². The molecule has 0 saturated carbocycles. The van der Waals surface area contributed by atoms with Crippen LogP contribution in [0.5, 0.6) is 0 Å². The molecule has 1 nitrogen and oxygen atoms in total. The number of aliphatic imine (C=N–C) groups is 1. The van der Waals surface area contributed by atoms with Crippen molar-refractivity contribution in [3.8, 4) is 0 Å². The maximum Gasteiger partial charge on any atom is 0.0400 e. The van der Waals surface area contributed by atoms with E-state index in [9.17, 15) is 0 Å². The van der Waals surface area contributed by atoms with Gasteiger partial charge in [-0.3, -0.25) is 4.99 Å². The third-order valence-electron chi connectivity index (χ3n) is 1.38. The van der Waals surface area contributed by atoms with E-state index in [4.69, 9.17) is 0 Å². The highest BCUT2D eigenvalue weighted by Gasteiger charge is 1.88. The molecule has 0 aliphatic heterocycles. The minimum absolute atomic E-state index is 1.10. The monoisotopic (exact) mass is 181 g/mol. The van der Waals surface area contributed by atoms with E-state index >= 15 is 0 Å². The number of rotatable bonds is 2. The standard InChI is InChI=1S/C10H17N.C2H6/c1-6-7-9(4)10(5)11-8(2)3;1-2/h6-7H,1-5H3;1-2H3/b7-6-,10-9+;. The second kappa shape index (κ2) is 9.24. The van der Waals surface area contributed by atoms with Crippen molar-refractivity contribution in [2.24, 2.45) is 4.99 Å². The fourth-order valence-electron chi connectivity index (χ4n) is 0.794. The van der Waals surface area contributed by atoms with Gasteiger partial charge >= 0.3 is 0 Å². The lowest BCUT2D eigenvalue weighted by Crippen LogP contribution is -1.83. The number of nitrogens with zero attached hydrogens (tertiary/aromatic N) is 1. The summed E-state index contributed by atoms with van der Waals surface area (Å²) in [7, 11) is 0. The molecule has 1 heteroatoms. The Labute approximate surface area is 83.3 Å². The minimum Gasteiger partial charge on any atom is -0.263 e. The van der Waals surface area contributed by atoms with E-state index in [1.165, 1.54) is 5.57 Å². The van der Waals surface area contributed by atoms with Gasteiger partial charge in [0.25, 0.3) is 0 Å². The summed E-state index contributed by atoms with van der Waals surface area (Å²) in [4.78, 5) is 4.34. The van der Waals surface area contributed by atoms with Gasteiger partial charge < -0.3 is 0 Å². The molecule has 0 aliphatic carbocycles. The van der Waals surface area contributed by atoms with E-state index in [1.54, 1.807) is 0 Å². The Morgan fingerprint density at radius 3 is 1.77 bits per heavy atom. The molecule has 0 rings (SSSR count). The molecule has 0 aromatic heterocycles. The molecule has 0 aromatic rings. The summed E-state index contributed by atoms with van der Waals surface area (Å²) in [6.45, 7) is 14.1. The largest absolute Gasteiger partial charge is 0.263 e. The molecular weight excluding hydrogens is 158 g/mol. The van der Waals surface area contributed by atoms with Crippen molar-refractivity contribution in [2.75, 3.05) is 0 Å². The molecule has 0 aliphatic rings. The number of hydrogen-bond donors (Lipinski definition) is 0. The van der Waals surface area contributed by atoms with Crippen molar-refractivity contribution in [3.05, 3.63) is 23.4 Å². The van der Waals surface area contributed by atoms with Crippen LogP contribution in [-0.2, 0) is 0 Å². The first-order valence-corrected chi connectivity index (χ1v) is 4.90. The zero-order chi connectivity index (χ0) is 10.9. The van der Waals surface area contributed by atoms with Crippen molar-refractivity contribution in [3.63, 3.8) is 0 Å². The Bertz CT molecular complexity index is 203. The third-order valence-corrected chi connectivity index (χ3v) is 1.38. The van der Waals surface area contributed by atoms with E-state index in [1.807, 2.05) is 47.6 Å². The Hall–Kier alpha value is -0.850. The van der Waals surface area contributed by atoms with E-state index in [2.05, 4.69) is 18.0 Å². The van der Waals surface area contributed by atoms with Crippen molar-refractivity contribution in [1.82, 2.24) is 0 Å². The fourth-order valence-corrected chi connectivity index (χ4v) is 0.794. The molecule has 13 heavy (non-hydrogen) atoms. The van der Waals surface area contributed by atoms with Crippen molar-refractivity contribution < 1.29 is 0 Å². The molecule has 0 atom stereocenters. The maximum absolute atomic E-state index is 4.34. The summed E-state index contributed by atoms with van der Waals surface area (Å²) in [6.07, 6.45) is 4.10. The molecule has 0 aromatic carbocycles. The van der Waals surface area contributed by atoms with Crippen LogP contribution in [0.3, 0.4) is 0 Å². The summed E-state index contributed by atoms with van der Waals surface area (Å²) >= 11 is 0. The normalized spacial score (nSPS) is 11.6. The third kappa shape index (κ3) is 9.06. The van der Waals surface area contributed by atoms with Gasteiger partial charge in [-0.1, -0.05) is 26.0 Å². The summed E-state index contributed by atoms with van der Waals surface area (Å²) < 4.78 is 0. The van der Waals surface area contributed by atoms with E-state index in [0.717, 1.165) is 11.4 Å². The Kier molecular flexibility index (Phi) is 10.4. The number of hydrogen-bond acceptors (Lipinski definition) is 1. The topological polar surface area (TPSA) is 12.4 Å². The molecule has 0 bridgehead atoms. The van der Waals surface area contributed by atoms with E-state index in [-0.39, 0.29) is 0 Å². The van der Waals surface area contributed by atoms with Crippen LogP contribution in [-0.4, -0.2) is 5.71 Å². The Balaban J connectivity index is 0. The van der Waals surface area contributed by atoms with Gasteiger partial charge in [0.05, 0.1) is 0 Å². The Morgan fingerprint density at radius 2 is 1.46 bits per heavy atom. The first-order chi connectivity index (χ1) is 6.07. The summed E-state index contributed by atoms with van der Waals surface area (Å²) in [6, 6.07) is 0. The van der Waals surface area contributed by atoms with Crippen LogP contribution >= 0.6 is 0 Å². The smallest absolute Gasteiger partial charge is 0.0400 e. The van der Waals surface area contributed by atoms with Crippen LogP contribution in [0.4, 0.5) is 0 Å². The molecule has 0 amide bonds. The average molecular weight is 181 g/mol. The zero-order valence-corrected chi connectivity index (χ0v) is 10.1. The first-order valence-electron chi connectivity index (χ1n) is 4.90. The van der Waals surface area contributed by atoms with Gasteiger partial charge in [0.15, 0.2) is 0 Å². The van der Waals surface area contributed by atoms with Crippen LogP contribution < -0.4 is 0 Å². The van der Waals surface area contributed by atoms with Crippen LogP contribution in [0.2, 0.25) is 0 Å². The van der Waals surface area contributed by atoms with Crippen LogP contribution in [0, 0.1) is 0 Å². The van der Waals surface area contributed by atoms with E-state index < -0.39 is 0 Å². The van der Waals surface area contributed by atoms with Crippen molar-refractivity contribution in [1.29, 1.82) is 0 Å². The van der Waals surface area contributed by atoms with Gasteiger partial charge in [-0.2, -0.15) is 0 Å². The molecule has 0 radical (unpaired) electrons. The highest BCUT2D eigenvalue weighted by Crippen LogP contribution is 2.06.